The van der Waals surface area contributed by atoms with E-state index in [2.05, 4.69) is 15.2 Å². The van der Waals surface area contributed by atoms with Gasteiger partial charge >= 0.3 is 0 Å². The van der Waals surface area contributed by atoms with Gasteiger partial charge in [-0.15, -0.1) is 0 Å². The van der Waals surface area contributed by atoms with Gasteiger partial charge in [0.25, 0.3) is 5.91 Å². The van der Waals surface area contributed by atoms with Crippen molar-refractivity contribution in [2.45, 2.75) is 0 Å². The van der Waals surface area contributed by atoms with E-state index in [1.54, 1.807) is 35.6 Å². The van der Waals surface area contributed by atoms with Gasteiger partial charge in [-0.05, 0) is 42.5 Å². The highest BCUT2D eigenvalue weighted by atomic mass is 32.1. The maximum atomic E-state index is 12.2. The predicted octanol–water partition coefficient (Wildman–Crippen LogP) is 2.25. The number of primary amides is 1. The molecule has 0 atom stereocenters. The van der Waals surface area contributed by atoms with Crippen LogP contribution in [-0.4, -0.2) is 49.7 Å². The summed E-state index contributed by atoms with van der Waals surface area (Å²) in [5.41, 5.74) is 7.18. The van der Waals surface area contributed by atoms with Crippen LogP contribution in [0.2, 0.25) is 0 Å². The Labute approximate surface area is 171 Å². The SMILES string of the molecule is NC(=O)c1ccc(OCC(=O)Nc2ccc3nc(N4CCOCC4)sc3c2)cc1. The van der Waals surface area contributed by atoms with Crippen LogP contribution >= 0.6 is 11.3 Å². The number of carbonyl (C=O) groups is 2. The molecular formula is C20H20N4O4S. The molecule has 150 valence electrons. The Kier molecular flexibility index (Phi) is 5.59. The molecule has 0 spiro atoms. The largest absolute Gasteiger partial charge is 0.484 e. The van der Waals surface area contributed by atoms with Crippen molar-refractivity contribution in [2.24, 2.45) is 5.73 Å². The molecule has 1 fully saturated rings. The summed E-state index contributed by atoms with van der Waals surface area (Å²) in [4.78, 5) is 30.2. The minimum atomic E-state index is -0.510. The fraction of sp³-hybridized carbons (Fsp3) is 0.250. The van der Waals surface area contributed by atoms with Crippen LogP contribution in [-0.2, 0) is 9.53 Å². The third kappa shape index (κ3) is 4.64. The molecule has 9 heteroatoms. The lowest BCUT2D eigenvalue weighted by atomic mass is 10.2. The number of carbonyl (C=O) groups excluding carboxylic acids is 2. The first kappa shape index (κ1) is 19.2. The summed E-state index contributed by atoms with van der Waals surface area (Å²) in [6.45, 7) is 2.95. The summed E-state index contributed by atoms with van der Waals surface area (Å²) in [6, 6.07) is 11.9. The van der Waals surface area contributed by atoms with Crippen molar-refractivity contribution in [3.8, 4) is 5.75 Å². The average molecular weight is 412 g/mol. The quantitative estimate of drug-likeness (QED) is 0.643. The van der Waals surface area contributed by atoms with Gasteiger partial charge in [-0.1, -0.05) is 11.3 Å². The van der Waals surface area contributed by atoms with Gasteiger partial charge in [-0.3, -0.25) is 9.59 Å². The lowest BCUT2D eigenvalue weighted by Crippen LogP contribution is -2.36. The summed E-state index contributed by atoms with van der Waals surface area (Å²) in [7, 11) is 0. The highest BCUT2D eigenvalue weighted by Crippen LogP contribution is 2.31. The maximum absolute atomic E-state index is 12.2. The summed E-state index contributed by atoms with van der Waals surface area (Å²) in [6.07, 6.45) is 0. The van der Waals surface area contributed by atoms with Crippen molar-refractivity contribution >= 4 is 44.2 Å². The molecule has 2 amide bonds. The van der Waals surface area contributed by atoms with Gasteiger partial charge < -0.3 is 25.4 Å². The van der Waals surface area contributed by atoms with Crippen LogP contribution in [0.3, 0.4) is 0 Å². The van der Waals surface area contributed by atoms with Gasteiger partial charge in [0, 0.05) is 24.3 Å². The van der Waals surface area contributed by atoms with Crippen molar-refractivity contribution in [3.63, 3.8) is 0 Å². The number of fused-ring (bicyclic) bond motifs is 1. The lowest BCUT2D eigenvalue weighted by molar-refractivity contribution is -0.118. The van der Waals surface area contributed by atoms with Crippen molar-refractivity contribution < 1.29 is 19.1 Å². The second-order valence-corrected chi connectivity index (χ2v) is 7.51. The highest BCUT2D eigenvalue weighted by Gasteiger charge is 2.16. The van der Waals surface area contributed by atoms with Gasteiger partial charge in [0.05, 0.1) is 23.4 Å². The fourth-order valence-corrected chi connectivity index (χ4v) is 4.00. The smallest absolute Gasteiger partial charge is 0.262 e. The Bertz CT molecular complexity index is 1030. The van der Waals surface area contributed by atoms with Crippen molar-refractivity contribution in [1.82, 2.24) is 4.98 Å². The number of aromatic nitrogens is 1. The third-order valence-electron chi connectivity index (χ3n) is 4.45. The number of rotatable bonds is 6. The van der Waals surface area contributed by atoms with Crippen LogP contribution in [0.15, 0.2) is 42.5 Å². The minimum Gasteiger partial charge on any atom is -0.484 e. The average Bonchev–Trinajstić information content (AvgIpc) is 3.17. The number of nitrogens with one attached hydrogen (secondary N) is 1. The van der Waals surface area contributed by atoms with E-state index in [0.717, 1.165) is 28.4 Å². The van der Waals surface area contributed by atoms with E-state index in [4.69, 9.17) is 15.2 Å². The molecule has 2 heterocycles. The van der Waals surface area contributed by atoms with Gasteiger partial charge in [-0.2, -0.15) is 0 Å². The molecule has 0 aliphatic carbocycles. The van der Waals surface area contributed by atoms with Gasteiger partial charge in [-0.25, -0.2) is 4.98 Å². The number of thiazole rings is 1. The molecule has 0 radical (unpaired) electrons. The van der Waals surface area contributed by atoms with Crippen LogP contribution in [0.1, 0.15) is 10.4 Å². The standard InChI is InChI=1S/C20H20N4O4S/c21-19(26)13-1-4-15(5-2-13)28-12-18(25)22-14-3-6-16-17(11-14)29-20(23-16)24-7-9-27-10-8-24/h1-6,11H,7-10,12H2,(H2,21,26)(H,22,25). The molecule has 1 aliphatic heterocycles. The number of hydrogen-bond donors (Lipinski definition) is 2. The number of anilines is 2. The molecule has 3 aromatic rings. The number of ether oxygens (including phenoxy) is 2. The molecule has 1 aromatic heterocycles. The maximum Gasteiger partial charge on any atom is 0.262 e. The first-order valence-corrected chi connectivity index (χ1v) is 9.96. The van der Waals surface area contributed by atoms with E-state index in [1.807, 2.05) is 18.2 Å². The molecule has 4 rings (SSSR count). The molecule has 29 heavy (non-hydrogen) atoms. The van der Waals surface area contributed by atoms with Gasteiger partial charge in [0.1, 0.15) is 5.75 Å². The lowest BCUT2D eigenvalue weighted by Gasteiger charge is -2.25. The van der Waals surface area contributed by atoms with Crippen LogP contribution in [0.5, 0.6) is 5.75 Å². The van der Waals surface area contributed by atoms with Crippen molar-refractivity contribution in [1.29, 1.82) is 0 Å². The second kappa shape index (κ2) is 8.46. The minimum absolute atomic E-state index is 0.143. The zero-order chi connectivity index (χ0) is 20.2. The fourth-order valence-electron chi connectivity index (χ4n) is 2.94. The zero-order valence-electron chi connectivity index (χ0n) is 15.6. The summed E-state index contributed by atoms with van der Waals surface area (Å²) >= 11 is 1.60. The van der Waals surface area contributed by atoms with Crippen LogP contribution in [0, 0.1) is 0 Å². The molecule has 0 bridgehead atoms. The number of nitrogens with two attached hydrogens (primary N) is 1. The third-order valence-corrected chi connectivity index (χ3v) is 5.53. The summed E-state index contributed by atoms with van der Waals surface area (Å²) in [5.74, 6) is -0.302. The normalized spacial score (nSPS) is 14.0. The van der Waals surface area contributed by atoms with E-state index < -0.39 is 5.91 Å². The highest BCUT2D eigenvalue weighted by molar-refractivity contribution is 7.22. The first-order chi connectivity index (χ1) is 14.1. The van der Waals surface area contributed by atoms with Gasteiger partial charge in [0.2, 0.25) is 5.91 Å². The topological polar surface area (TPSA) is 107 Å². The molecule has 1 saturated heterocycles. The first-order valence-electron chi connectivity index (χ1n) is 9.14. The molecular weight excluding hydrogens is 392 g/mol. The van der Waals surface area contributed by atoms with Crippen LogP contribution in [0.4, 0.5) is 10.8 Å². The number of hydrogen-bond acceptors (Lipinski definition) is 7. The van der Waals surface area contributed by atoms with Crippen LogP contribution in [0.25, 0.3) is 10.2 Å². The molecule has 2 aromatic carbocycles. The predicted molar refractivity (Wildman–Crippen MR) is 112 cm³/mol. The van der Waals surface area contributed by atoms with E-state index in [0.29, 0.717) is 30.2 Å². The Morgan fingerprint density at radius 3 is 2.66 bits per heavy atom. The summed E-state index contributed by atoms with van der Waals surface area (Å²) in [5, 5.41) is 3.80. The van der Waals surface area contributed by atoms with Gasteiger partial charge in [0.15, 0.2) is 11.7 Å². The van der Waals surface area contributed by atoms with E-state index in [1.165, 1.54) is 0 Å². The Morgan fingerprint density at radius 2 is 1.93 bits per heavy atom. The number of nitrogens with zero attached hydrogens (tertiary/aromatic N) is 2. The van der Waals surface area contributed by atoms with Crippen molar-refractivity contribution in [3.05, 3.63) is 48.0 Å². The second-order valence-electron chi connectivity index (χ2n) is 6.50. The van der Waals surface area contributed by atoms with E-state index in [9.17, 15) is 9.59 Å². The Morgan fingerprint density at radius 1 is 1.17 bits per heavy atom. The molecule has 3 N–H and O–H groups in total. The van der Waals surface area contributed by atoms with E-state index >= 15 is 0 Å². The Balaban J connectivity index is 1.36. The molecule has 8 nitrogen and oxygen atoms in total. The van der Waals surface area contributed by atoms with Crippen molar-refractivity contribution in [2.75, 3.05) is 43.1 Å². The summed E-state index contributed by atoms with van der Waals surface area (Å²) < 4.78 is 11.8. The molecule has 0 saturated carbocycles. The van der Waals surface area contributed by atoms with Crippen LogP contribution < -0.4 is 20.7 Å². The zero-order valence-corrected chi connectivity index (χ0v) is 16.4. The molecule has 1 aliphatic rings. The number of benzene rings is 2. The number of morpholine rings is 1. The number of amides is 2. The van der Waals surface area contributed by atoms with E-state index in [-0.39, 0.29) is 12.5 Å². The molecule has 0 unspecified atom stereocenters. The Hall–Kier alpha value is -3.17. The monoisotopic (exact) mass is 412 g/mol.